The van der Waals surface area contributed by atoms with Crippen LogP contribution in [0.2, 0.25) is 0 Å². The van der Waals surface area contributed by atoms with E-state index in [1.54, 1.807) is 0 Å². The fourth-order valence-electron chi connectivity index (χ4n) is 3.30. The molecule has 1 heterocycles. The number of aliphatic hydroxyl groups is 1. The van der Waals surface area contributed by atoms with Crippen molar-refractivity contribution >= 4 is 9.84 Å². The summed E-state index contributed by atoms with van der Waals surface area (Å²) in [5.41, 5.74) is 0.00969. The van der Waals surface area contributed by atoms with E-state index in [9.17, 15) is 13.5 Å². The van der Waals surface area contributed by atoms with Crippen LogP contribution in [0.1, 0.15) is 33.6 Å². The number of sulfone groups is 1. The molecule has 1 saturated heterocycles. The van der Waals surface area contributed by atoms with E-state index in [1.165, 1.54) is 0 Å². The molecule has 0 radical (unpaired) electrons. The molecule has 0 aromatic rings. The zero-order valence-corrected chi connectivity index (χ0v) is 12.4. The van der Waals surface area contributed by atoms with E-state index in [4.69, 9.17) is 0 Å². The van der Waals surface area contributed by atoms with Gasteiger partial charge in [0.1, 0.15) is 0 Å². The van der Waals surface area contributed by atoms with Gasteiger partial charge in [-0.2, -0.15) is 0 Å². The van der Waals surface area contributed by atoms with Gasteiger partial charge in [-0.1, -0.05) is 13.8 Å². The Morgan fingerprint density at radius 1 is 1.39 bits per heavy atom. The highest BCUT2D eigenvalue weighted by Crippen LogP contribution is 2.41. The molecule has 0 aromatic carbocycles. The fraction of sp³-hybridized carbons (Fsp3) is 1.00. The predicted molar refractivity (Wildman–Crippen MR) is 72.2 cm³/mol. The normalized spacial score (nSPS) is 39.9. The SMILES string of the molecule is CC1CS(=O)(=O)CCN1CC1CCC(C)(C)C1O. The van der Waals surface area contributed by atoms with Crippen molar-refractivity contribution in [3.8, 4) is 0 Å². The highest BCUT2D eigenvalue weighted by Gasteiger charge is 2.42. The van der Waals surface area contributed by atoms with Gasteiger partial charge in [-0.15, -0.1) is 0 Å². The van der Waals surface area contributed by atoms with Gasteiger partial charge in [-0.3, -0.25) is 4.90 Å². The second-order valence-electron chi connectivity index (χ2n) is 6.69. The Balaban J connectivity index is 1.95. The van der Waals surface area contributed by atoms with Crippen molar-refractivity contribution < 1.29 is 13.5 Å². The van der Waals surface area contributed by atoms with E-state index >= 15 is 0 Å². The van der Waals surface area contributed by atoms with Gasteiger partial charge in [-0.25, -0.2) is 8.42 Å². The molecule has 18 heavy (non-hydrogen) atoms. The Labute approximate surface area is 110 Å². The van der Waals surface area contributed by atoms with Gasteiger partial charge in [0.25, 0.3) is 0 Å². The molecule has 3 atom stereocenters. The minimum absolute atomic E-state index is 0.00969. The average molecular weight is 275 g/mol. The first-order valence-corrected chi connectivity index (χ1v) is 8.66. The van der Waals surface area contributed by atoms with Crippen LogP contribution in [0.5, 0.6) is 0 Å². The number of nitrogens with zero attached hydrogens (tertiary/aromatic N) is 1. The first-order chi connectivity index (χ1) is 8.21. The van der Waals surface area contributed by atoms with Crippen LogP contribution < -0.4 is 0 Å². The number of aliphatic hydroxyl groups excluding tert-OH is 1. The van der Waals surface area contributed by atoms with E-state index in [0.29, 0.717) is 12.5 Å². The summed E-state index contributed by atoms with van der Waals surface area (Å²) in [6, 6.07) is 0.0830. The lowest BCUT2D eigenvalue weighted by atomic mass is 9.87. The maximum atomic E-state index is 11.5. The summed E-state index contributed by atoms with van der Waals surface area (Å²) in [5, 5.41) is 10.3. The highest BCUT2D eigenvalue weighted by atomic mass is 32.2. The van der Waals surface area contributed by atoms with E-state index in [1.807, 2.05) is 6.92 Å². The van der Waals surface area contributed by atoms with Crippen LogP contribution in [0.4, 0.5) is 0 Å². The smallest absolute Gasteiger partial charge is 0.153 e. The highest BCUT2D eigenvalue weighted by molar-refractivity contribution is 7.91. The van der Waals surface area contributed by atoms with Gasteiger partial charge >= 0.3 is 0 Å². The maximum Gasteiger partial charge on any atom is 0.153 e. The fourth-order valence-corrected chi connectivity index (χ4v) is 4.92. The molecule has 5 heteroatoms. The lowest BCUT2D eigenvalue weighted by Gasteiger charge is -2.36. The Hall–Kier alpha value is -0.130. The molecule has 4 nitrogen and oxygen atoms in total. The quantitative estimate of drug-likeness (QED) is 0.813. The van der Waals surface area contributed by atoms with Crippen LogP contribution in [0.25, 0.3) is 0 Å². The molecule has 106 valence electrons. The minimum atomic E-state index is -2.84. The standard InChI is InChI=1S/C13H25NO3S/c1-10-9-18(16,17)7-6-14(10)8-11-4-5-13(2,3)12(11)15/h10-12,15H,4-9H2,1-3H3. The molecule has 1 aliphatic heterocycles. The summed E-state index contributed by atoms with van der Waals surface area (Å²) in [5.74, 6) is 0.825. The van der Waals surface area contributed by atoms with Crippen LogP contribution in [0, 0.1) is 11.3 Å². The van der Waals surface area contributed by atoms with Crippen LogP contribution in [-0.4, -0.2) is 55.2 Å². The first kappa shape index (κ1) is 14.3. The summed E-state index contributed by atoms with van der Waals surface area (Å²) in [4.78, 5) is 2.23. The van der Waals surface area contributed by atoms with Gasteiger partial charge < -0.3 is 5.11 Å². The predicted octanol–water partition coefficient (Wildman–Crippen LogP) is 0.902. The van der Waals surface area contributed by atoms with Crippen molar-refractivity contribution in [2.24, 2.45) is 11.3 Å². The first-order valence-electron chi connectivity index (χ1n) is 6.84. The second-order valence-corrected chi connectivity index (χ2v) is 8.92. The Kier molecular flexibility index (Phi) is 3.78. The van der Waals surface area contributed by atoms with Gasteiger partial charge in [0.2, 0.25) is 0 Å². The summed E-state index contributed by atoms with van der Waals surface area (Å²) in [6.45, 7) is 7.65. The Bertz CT molecular complexity index is 404. The minimum Gasteiger partial charge on any atom is -0.392 e. The molecule has 0 spiro atoms. The Morgan fingerprint density at radius 3 is 2.56 bits per heavy atom. The van der Waals surface area contributed by atoms with E-state index in [-0.39, 0.29) is 29.1 Å². The maximum absolute atomic E-state index is 11.5. The summed E-state index contributed by atoms with van der Waals surface area (Å²) < 4.78 is 23.1. The van der Waals surface area contributed by atoms with Crippen LogP contribution >= 0.6 is 0 Å². The molecule has 0 bridgehead atoms. The molecular formula is C13H25NO3S. The molecule has 2 aliphatic rings. The van der Waals surface area contributed by atoms with Crippen LogP contribution in [-0.2, 0) is 9.84 Å². The third kappa shape index (κ3) is 2.89. The average Bonchev–Trinajstić information content (AvgIpc) is 2.48. The lowest BCUT2D eigenvalue weighted by Crippen LogP contribution is -2.49. The Morgan fingerprint density at radius 2 is 2.06 bits per heavy atom. The topological polar surface area (TPSA) is 57.6 Å². The van der Waals surface area contributed by atoms with E-state index in [0.717, 1.165) is 19.4 Å². The van der Waals surface area contributed by atoms with Crippen molar-refractivity contribution in [3.05, 3.63) is 0 Å². The number of hydrogen-bond donors (Lipinski definition) is 1. The van der Waals surface area contributed by atoms with Crippen molar-refractivity contribution in [2.75, 3.05) is 24.6 Å². The molecule has 3 unspecified atom stereocenters. The van der Waals surface area contributed by atoms with Crippen molar-refractivity contribution in [1.82, 2.24) is 4.90 Å². The largest absolute Gasteiger partial charge is 0.392 e. The third-order valence-electron chi connectivity index (χ3n) is 4.68. The van der Waals surface area contributed by atoms with Crippen LogP contribution in [0.3, 0.4) is 0 Å². The summed E-state index contributed by atoms with van der Waals surface area (Å²) in [6.07, 6.45) is 1.84. The number of rotatable bonds is 2. The third-order valence-corrected chi connectivity index (χ3v) is 6.48. The molecule has 0 aromatic heterocycles. The molecule has 1 aliphatic carbocycles. The van der Waals surface area contributed by atoms with Gasteiger partial charge in [0, 0.05) is 19.1 Å². The molecule has 2 fully saturated rings. The van der Waals surface area contributed by atoms with Gasteiger partial charge in [0.05, 0.1) is 17.6 Å². The summed E-state index contributed by atoms with van der Waals surface area (Å²) in [7, 11) is -2.84. The lowest BCUT2D eigenvalue weighted by molar-refractivity contribution is 0.0290. The van der Waals surface area contributed by atoms with Gasteiger partial charge in [0.15, 0.2) is 9.84 Å². The number of hydrogen-bond acceptors (Lipinski definition) is 4. The second kappa shape index (κ2) is 4.76. The van der Waals surface area contributed by atoms with E-state index in [2.05, 4.69) is 18.7 Å². The van der Waals surface area contributed by atoms with Crippen molar-refractivity contribution in [2.45, 2.75) is 45.8 Å². The zero-order valence-electron chi connectivity index (χ0n) is 11.6. The molecule has 1 N–H and O–H groups in total. The molecular weight excluding hydrogens is 250 g/mol. The van der Waals surface area contributed by atoms with E-state index < -0.39 is 9.84 Å². The molecule has 2 rings (SSSR count). The van der Waals surface area contributed by atoms with Crippen molar-refractivity contribution in [3.63, 3.8) is 0 Å². The molecule has 0 amide bonds. The van der Waals surface area contributed by atoms with Gasteiger partial charge in [-0.05, 0) is 31.1 Å². The van der Waals surface area contributed by atoms with Crippen LogP contribution in [0.15, 0.2) is 0 Å². The summed E-state index contributed by atoms with van der Waals surface area (Å²) >= 11 is 0. The monoisotopic (exact) mass is 275 g/mol. The zero-order chi connectivity index (χ0) is 13.6. The molecule has 1 saturated carbocycles. The van der Waals surface area contributed by atoms with Crippen molar-refractivity contribution in [1.29, 1.82) is 0 Å².